The number of pyridine rings is 1. The predicted molar refractivity (Wildman–Crippen MR) is 114 cm³/mol. The van der Waals surface area contributed by atoms with Gasteiger partial charge in [0.05, 0.1) is 5.69 Å². The molecule has 1 aliphatic rings. The molecule has 0 bridgehead atoms. The Bertz CT molecular complexity index is 1090. The van der Waals surface area contributed by atoms with E-state index in [1.165, 1.54) is 5.56 Å². The van der Waals surface area contributed by atoms with Gasteiger partial charge in [-0.2, -0.15) is 0 Å². The van der Waals surface area contributed by atoms with Crippen LogP contribution < -0.4 is 19.5 Å². The molecule has 30 heavy (non-hydrogen) atoms. The third kappa shape index (κ3) is 4.23. The van der Waals surface area contributed by atoms with E-state index in [1.807, 2.05) is 71.4 Å². The van der Waals surface area contributed by atoms with Crippen LogP contribution in [0.1, 0.15) is 11.3 Å². The number of benzene rings is 2. The first-order valence-corrected chi connectivity index (χ1v) is 10.1. The number of nitrogens with one attached hydrogen (secondary N) is 1. The number of ether oxygens (including phenoxy) is 3. The predicted octanol–water partition coefficient (Wildman–Crippen LogP) is 3.84. The van der Waals surface area contributed by atoms with Gasteiger partial charge in [0, 0.05) is 25.5 Å². The average Bonchev–Trinajstić information content (AvgIpc) is 3.21. The summed E-state index contributed by atoms with van der Waals surface area (Å²) in [7, 11) is 0. The van der Waals surface area contributed by atoms with E-state index >= 15 is 0 Å². The molecule has 1 N–H and O–H groups in total. The van der Waals surface area contributed by atoms with Crippen molar-refractivity contribution in [3.05, 3.63) is 90.4 Å². The highest BCUT2D eigenvalue weighted by molar-refractivity contribution is 5.41. The highest BCUT2D eigenvalue weighted by Gasteiger charge is 2.19. The number of imidazole rings is 1. The van der Waals surface area contributed by atoms with Crippen LogP contribution in [0.3, 0.4) is 0 Å². The quantitative estimate of drug-likeness (QED) is 0.510. The Kier molecular flexibility index (Phi) is 5.23. The van der Waals surface area contributed by atoms with Crippen LogP contribution in [-0.2, 0) is 13.2 Å². The molecular formula is C24H23N3O3. The Morgan fingerprint density at radius 3 is 2.70 bits per heavy atom. The van der Waals surface area contributed by atoms with Gasteiger partial charge in [-0.3, -0.25) is 0 Å². The maximum Gasteiger partial charge on any atom is 0.161 e. The van der Waals surface area contributed by atoms with Crippen molar-refractivity contribution in [3.8, 4) is 17.2 Å². The molecule has 4 aromatic rings. The van der Waals surface area contributed by atoms with E-state index in [4.69, 9.17) is 14.2 Å². The summed E-state index contributed by atoms with van der Waals surface area (Å²) in [6.45, 7) is 2.48. The number of hydrogen-bond donors (Lipinski definition) is 1. The molecule has 6 nitrogen and oxygen atoms in total. The molecule has 152 valence electrons. The molecule has 6 heteroatoms. The van der Waals surface area contributed by atoms with Crippen LogP contribution in [-0.4, -0.2) is 28.6 Å². The Morgan fingerprint density at radius 1 is 1.00 bits per heavy atom. The Balaban J connectivity index is 1.09. The summed E-state index contributed by atoms with van der Waals surface area (Å²) >= 11 is 0. The van der Waals surface area contributed by atoms with Crippen LogP contribution in [0.25, 0.3) is 5.65 Å². The van der Waals surface area contributed by atoms with Crippen molar-refractivity contribution in [2.24, 2.45) is 0 Å². The Hall–Kier alpha value is -3.51. The minimum absolute atomic E-state index is 0.00735. The zero-order valence-corrected chi connectivity index (χ0v) is 16.5. The summed E-state index contributed by atoms with van der Waals surface area (Å²) in [4.78, 5) is 4.55. The van der Waals surface area contributed by atoms with Gasteiger partial charge in [-0.25, -0.2) is 4.98 Å². The van der Waals surface area contributed by atoms with E-state index in [2.05, 4.69) is 22.4 Å². The topological polar surface area (TPSA) is 57.0 Å². The fourth-order valence-electron chi connectivity index (χ4n) is 3.46. The monoisotopic (exact) mass is 401 g/mol. The summed E-state index contributed by atoms with van der Waals surface area (Å²) in [5, 5.41) is 3.44. The van der Waals surface area contributed by atoms with E-state index in [0.717, 1.165) is 41.7 Å². The number of hydrogen-bond acceptors (Lipinski definition) is 5. The second-order valence-corrected chi connectivity index (χ2v) is 7.26. The highest BCUT2D eigenvalue weighted by atomic mass is 16.6. The van der Waals surface area contributed by atoms with E-state index in [9.17, 15) is 0 Å². The lowest BCUT2D eigenvalue weighted by molar-refractivity contribution is 0.0902. The largest absolute Gasteiger partial charge is 0.487 e. The van der Waals surface area contributed by atoms with Gasteiger partial charge in [-0.15, -0.1) is 0 Å². The summed E-state index contributed by atoms with van der Waals surface area (Å²) in [5.41, 5.74) is 3.02. The minimum Gasteiger partial charge on any atom is -0.487 e. The molecule has 1 atom stereocenters. The van der Waals surface area contributed by atoms with Gasteiger partial charge in [0.2, 0.25) is 0 Å². The van der Waals surface area contributed by atoms with Crippen LogP contribution in [0.2, 0.25) is 0 Å². The summed E-state index contributed by atoms with van der Waals surface area (Å²) in [6.07, 6.45) is 3.98. The smallest absolute Gasteiger partial charge is 0.161 e. The highest BCUT2D eigenvalue weighted by Crippen LogP contribution is 2.30. The lowest BCUT2D eigenvalue weighted by atomic mass is 10.2. The van der Waals surface area contributed by atoms with Gasteiger partial charge in [-0.1, -0.05) is 30.3 Å². The fourth-order valence-corrected chi connectivity index (χ4v) is 3.46. The van der Waals surface area contributed by atoms with E-state index in [-0.39, 0.29) is 6.10 Å². The van der Waals surface area contributed by atoms with Gasteiger partial charge < -0.3 is 23.9 Å². The molecular weight excluding hydrogens is 378 g/mol. The number of rotatable bonds is 7. The standard InChI is InChI=1S/C24H23N3O3/c1-2-6-23-22(5-1)29-17-21(30-23)14-25-13-18-8-10-20(11-9-18)28-16-19-15-27-12-4-3-7-24(27)26-19/h1-12,15,21,25H,13-14,16-17H2. The normalized spacial score (nSPS) is 15.3. The second-order valence-electron chi connectivity index (χ2n) is 7.26. The maximum absolute atomic E-state index is 5.97. The van der Waals surface area contributed by atoms with Crippen LogP contribution in [0, 0.1) is 0 Å². The average molecular weight is 401 g/mol. The molecule has 2 aromatic heterocycles. The number of para-hydroxylation sites is 2. The van der Waals surface area contributed by atoms with E-state index in [0.29, 0.717) is 13.2 Å². The molecule has 0 saturated carbocycles. The SMILES string of the molecule is c1ccc2c(c1)OCC(CNCc1ccc(OCc3cn4ccccc4n3)cc1)O2. The van der Waals surface area contributed by atoms with Gasteiger partial charge in [0.1, 0.15) is 30.7 Å². The molecule has 0 fully saturated rings. The number of aromatic nitrogens is 2. The maximum atomic E-state index is 5.97. The molecule has 0 aliphatic carbocycles. The van der Waals surface area contributed by atoms with Crippen LogP contribution >= 0.6 is 0 Å². The Labute approximate surface area is 175 Å². The molecule has 3 heterocycles. The molecule has 0 amide bonds. The third-order valence-electron chi connectivity index (χ3n) is 4.99. The van der Waals surface area contributed by atoms with Crippen molar-refractivity contribution < 1.29 is 14.2 Å². The molecule has 1 unspecified atom stereocenters. The lowest BCUT2D eigenvalue weighted by Crippen LogP contribution is -2.38. The fraction of sp³-hybridized carbons (Fsp3) is 0.208. The first-order chi connectivity index (χ1) is 14.8. The van der Waals surface area contributed by atoms with E-state index < -0.39 is 0 Å². The van der Waals surface area contributed by atoms with Crippen LogP contribution in [0.5, 0.6) is 17.2 Å². The number of nitrogens with zero attached hydrogens (tertiary/aromatic N) is 2. The third-order valence-corrected chi connectivity index (χ3v) is 4.99. The van der Waals surface area contributed by atoms with Gasteiger partial charge in [0.15, 0.2) is 11.5 Å². The van der Waals surface area contributed by atoms with Crippen LogP contribution in [0.15, 0.2) is 79.1 Å². The van der Waals surface area contributed by atoms with Crippen molar-refractivity contribution in [1.29, 1.82) is 0 Å². The van der Waals surface area contributed by atoms with Crippen LogP contribution in [0.4, 0.5) is 0 Å². The summed E-state index contributed by atoms with van der Waals surface area (Å²) < 4.78 is 19.6. The zero-order chi connectivity index (χ0) is 20.2. The Morgan fingerprint density at radius 2 is 1.83 bits per heavy atom. The van der Waals surface area contributed by atoms with Crippen molar-refractivity contribution in [2.75, 3.05) is 13.2 Å². The summed E-state index contributed by atoms with van der Waals surface area (Å²) in [6, 6.07) is 21.8. The lowest BCUT2D eigenvalue weighted by Gasteiger charge is -2.26. The van der Waals surface area contributed by atoms with Crippen molar-refractivity contribution in [2.45, 2.75) is 19.3 Å². The molecule has 0 radical (unpaired) electrons. The number of fused-ring (bicyclic) bond motifs is 2. The first-order valence-electron chi connectivity index (χ1n) is 10.1. The molecule has 2 aromatic carbocycles. The van der Waals surface area contributed by atoms with Crippen molar-refractivity contribution in [1.82, 2.24) is 14.7 Å². The second kappa shape index (κ2) is 8.47. The zero-order valence-electron chi connectivity index (χ0n) is 16.5. The first kappa shape index (κ1) is 18.5. The van der Waals surface area contributed by atoms with Crippen molar-refractivity contribution >= 4 is 5.65 Å². The van der Waals surface area contributed by atoms with E-state index in [1.54, 1.807) is 0 Å². The molecule has 0 spiro atoms. The van der Waals surface area contributed by atoms with Gasteiger partial charge in [0.25, 0.3) is 0 Å². The van der Waals surface area contributed by atoms with Crippen molar-refractivity contribution in [3.63, 3.8) is 0 Å². The summed E-state index contributed by atoms with van der Waals surface area (Å²) in [5.74, 6) is 2.45. The molecule has 0 saturated heterocycles. The van der Waals surface area contributed by atoms with Gasteiger partial charge >= 0.3 is 0 Å². The molecule has 1 aliphatic heterocycles. The minimum atomic E-state index is 0.00735. The van der Waals surface area contributed by atoms with Gasteiger partial charge in [-0.05, 0) is 42.0 Å². The molecule has 5 rings (SSSR count).